The third-order valence-corrected chi connectivity index (χ3v) is 6.35. The Balaban J connectivity index is 1.52. The molecule has 34 heavy (non-hydrogen) atoms. The molecule has 0 spiro atoms. The zero-order valence-corrected chi connectivity index (χ0v) is 20.1. The molecule has 0 aliphatic carbocycles. The van der Waals surface area contributed by atoms with Crippen LogP contribution in [0.2, 0.25) is 5.15 Å². The first kappa shape index (κ1) is 23.6. The largest absolute Gasteiger partial charge is 0.370 e. The number of carbonyl (C=O) groups excluding carboxylic acids is 2. The van der Waals surface area contributed by atoms with Crippen LogP contribution < -0.4 is 16.0 Å². The third kappa shape index (κ3) is 5.31. The van der Waals surface area contributed by atoms with E-state index in [1.54, 1.807) is 22.9 Å². The number of nitrogens with zero attached hydrogens (tertiary/aromatic N) is 3. The second-order valence-corrected chi connectivity index (χ2v) is 8.90. The third-order valence-electron chi connectivity index (χ3n) is 5.95. The van der Waals surface area contributed by atoms with Gasteiger partial charge >= 0.3 is 0 Å². The summed E-state index contributed by atoms with van der Waals surface area (Å²) in [5.41, 5.74) is 10.9. The van der Waals surface area contributed by atoms with Crippen molar-refractivity contribution in [2.45, 2.75) is 33.2 Å². The Kier molecular flexibility index (Phi) is 7.03. The van der Waals surface area contributed by atoms with Crippen molar-refractivity contribution >= 4 is 40.9 Å². The highest BCUT2D eigenvalue weighted by Crippen LogP contribution is 2.30. The number of aromatic nitrogens is 2. The van der Waals surface area contributed by atoms with Gasteiger partial charge in [0.1, 0.15) is 5.15 Å². The number of halogens is 1. The molecule has 0 saturated carbocycles. The van der Waals surface area contributed by atoms with E-state index in [2.05, 4.69) is 15.3 Å². The molecule has 0 atom stereocenters. The zero-order chi connectivity index (χ0) is 24.2. The molecule has 2 amide bonds. The molecule has 2 aromatic carbocycles. The summed E-state index contributed by atoms with van der Waals surface area (Å²) in [6.45, 7) is 6.25. The molecule has 176 valence electrons. The van der Waals surface area contributed by atoms with Gasteiger partial charge in [-0.3, -0.25) is 9.59 Å². The molecule has 0 bridgehead atoms. The van der Waals surface area contributed by atoms with Crippen LogP contribution in [0.3, 0.4) is 0 Å². The fourth-order valence-corrected chi connectivity index (χ4v) is 4.38. The Hall–Kier alpha value is -3.58. The van der Waals surface area contributed by atoms with Gasteiger partial charge in [0, 0.05) is 30.3 Å². The van der Waals surface area contributed by atoms with E-state index >= 15 is 0 Å². The molecule has 7 nitrogen and oxygen atoms in total. The Morgan fingerprint density at radius 3 is 2.50 bits per heavy atom. The molecule has 4 rings (SSSR count). The number of aryl methyl sites for hydroxylation is 2. The van der Waals surface area contributed by atoms with Crippen LogP contribution in [-0.4, -0.2) is 34.7 Å². The van der Waals surface area contributed by atoms with Gasteiger partial charge in [-0.05, 0) is 56.5 Å². The number of carbonyl (C=O) groups is 2. The predicted molar refractivity (Wildman–Crippen MR) is 136 cm³/mol. The second kappa shape index (κ2) is 10.1. The molecule has 1 saturated heterocycles. The maximum absolute atomic E-state index is 12.8. The van der Waals surface area contributed by atoms with Crippen LogP contribution in [0.25, 0.3) is 6.08 Å². The fraction of sp³-hybridized carbons (Fsp3) is 0.269. The van der Waals surface area contributed by atoms with Gasteiger partial charge in [-0.25, -0.2) is 4.68 Å². The van der Waals surface area contributed by atoms with E-state index in [0.29, 0.717) is 28.5 Å². The van der Waals surface area contributed by atoms with Gasteiger partial charge in [0.2, 0.25) is 11.8 Å². The lowest BCUT2D eigenvalue weighted by molar-refractivity contribution is -0.111. The highest BCUT2D eigenvalue weighted by molar-refractivity contribution is 6.31. The number of hydrogen-bond donors (Lipinski definition) is 2. The van der Waals surface area contributed by atoms with Gasteiger partial charge in [0.05, 0.1) is 23.6 Å². The minimum absolute atomic E-state index is 0.330. The van der Waals surface area contributed by atoms with E-state index in [0.717, 1.165) is 42.9 Å². The lowest BCUT2D eigenvalue weighted by Crippen LogP contribution is -2.21. The van der Waals surface area contributed by atoms with Crippen molar-refractivity contribution in [2.24, 2.45) is 5.73 Å². The van der Waals surface area contributed by atoms with Crippen LogP contribution in [0.1, 0.15) is 45.6 Å². The first-order valence-electron chi connectivity index (χ1n) is 11.3. The fourth-order valence-electron chi connectivity index (χ4n) is 4.08. The van der Waals surface area contributed by atoms with Gasteiger partial charge in [0.15, 0.2) is 0 Å². The van der Waals surface area contributed by atoms with Crippen molar-refractivity contribution in [3.8, 4) is 0 Å². The summed E-state index contributed by atoms with van der Waals surface area (Å²) in [7, 11) is 0. The number of hydrogen-bond acceptors (Lipinski definition) is 4. The topological polar surface area (TPSA) is 93.2 Å². The van der Waals surface area contributed by atoms with Crippen LogP contribution in [0, 0.1) is 13.8 Å². The summed E-state index contributed by atoms with van der Waals surface area (Å²) in [5.74, 6) is -0.869. The quantitative estimate of drug-likeness (QED) is 0.488. The Morgan fingerprint density at radius 1 is 1.12 bits per heavy atom. The van der Waals surface area contributed by atoms with Gasteiger partial charge in [-0.1, -0.05) is 41.4 Å². The average molecular weight is 478 g/mol. The molecule has 1 aromatic heterocycles. The van der Waals surface area contributed by atoms with Crippen LogP contribution in [0.5, 0.6) is 0 Å². The van der Waals surface area contributed by atoms with E-state index in [4.69, 9.17) is 17.3 Å². The number of nitrogens with two attached hydrogens (primary N) is 1. The first-order valence-corrected chi connectivity index (χ1v) is 11.7. The Bertz CT molecular complexity index is 1240. The van der Waals surface area contributed by atoms with Crippen molar-refractivity contribution in [1.29, 1.82) is 0 Å². The molecule has 3 N–H and O–H groups in total. The normalized spacial score (nSPS) is 13.6. The second-order valence-electron chi connectivity index (χ2n) is 8.55. The number of amides is 2. The number of anilines is 2. The summed E-state index contributed by atoms with van der Waals surface area (Å²) < 4.78 is 1.72. The van der Waals surface area contributed by atoms with Gasteiger partial charge < -0.3 is 16.0 Å². The van der Waals surface area contributed by atoms with Crippen LogP contribution in [0.4, 0.5) is 11.4 Å². The van der Waals surface area contributed by atoms with E-state index < -0.39 is 5.91 Å². The summed E-state index contributed by atoms with van der Waals surface area (Å²) in [6.07, 6.45) is 5.28. The van der Waals surface area contributed by atoms with E-state index in [1.807, 2.05) is 44.2 Å². The first-order chi connectivity index (χ1) is 16.3. The smallest absolute Gasteiger partial charge is 0.248 e. The van der Waals surface area contributed by atoms with Crippen molar-refractivity contribution in [2.75, 3.05) is 23.3 Å². The molecule has 0 radical (unpaired) electrons. The maximum atomic E-state index is 12.8. The predicted octanol–water partition coefficient (Wildman–Crippen LogP) is 4.55. The van der Waals surface area contributed by atoms with Crippen LogP contribution >= 0.6 is 11.6 Å². The molecule has 8 heteroatoms. The zero-order valence-electron chi connectivity index (χ0n) is 19.3. The SMILES string of the molecule is Cc1ccc(Cn2nc(C)c(C=CC(=O)Nc3cc(C(N)=O)ccc3N3CCCC3)c2Cl)cc1. The number of rotatable bonds is 7. The molecule has 1 aliphatic rings. The standard InChI is InChI=1S/C26H28ClN5O2/c1-17-5-7-19(8-6-17)16-32-25(27)21(18(2)30-32)10-12-24(33)29-22-15-20(26(28)34)9-11-23(22)31-13-3-4-14-31/h5-12,15H,3-4,13-14,16H2,1-2H3,(H2,28,34)(H,29,33). The lowest BCUT2D eigenvalue weighted by Gasteiger charge is -2.21. The summed E-state index contributed by atoms with van der Waals surface area (Å²) in [4.78, 5) is 26.6. The lowest BCUT2D eigenvalue weighted by atomic mass is 10.1. The van der Waals surface area contributed by atoms with Crippen LogP contribution in [0.15, 0.2) is 48.5 Å². The molecule has 0 unspecified atom stereocenters. The molecule has 1 aliphatic heterocycles. The molecular weight excluding hydrogens is 450 g/mol. The average Bonchev–Trinajstić information content (AvgIpc) is 3.42. The highest BCUT2D eigenvalue weighted by atomic mass is 35.5. The van der Waals surface area contributed by atoms with Crippen LogP contribution in [-0.2, 0) is 11.3 Å². The van der Waals surface area contributed by atoms with E-state index in [9.17, 15) is 9.59 Å². The van der Waals surface area contributed by atoms with E-state index in [1.165, 1.54) is 11.6 Å². The van der Waals surface area contributed by atoms with Crippen molar-refractivity contribution in [3.05, 3.63) is 81.6 Å². The molecule has 1 fully saturated rings. The summed E-state index contributed by atoms with van der Waals surface area (Å²) in [5, 5.41) is 7.90. The summed E-state index contributed by atoms with van der Waals surface area (Å²) in [6, 6.07) is 13.3. The van der Waals surface area contributed by atoms with Crippen molar-refractivity contribution in [1.82, 2.24) is 9.78 Å². The van der Waals surface area contributed by atoms with Gasteiger partial charge in [-0.15, -0.1) is 0 Å². The summed E-state index contributed by atoms with van der Waals surface area (Å²) >= 11 is 6.58. The Morgan fingerprint density at radius 2 is 1.82 bits per heavy atom. The van der Waals surface area contributed by atoms with Crippen molar-refractivity contribution < 1.29 is 9.59 Å². The van der Waals surface area contributed by atoms with Crippen molar-refractivity contribution in [3.63, 3.8) is 0 Å². The van der Waals surface area contributed by atoms with Gasteiger partial charge in [-0.2, -0.15) is 5.10 Å². The minimum atomic E-state index is -0.539. The monoisotopic (exact) mass is 477 g/mol. The molecule has 2 heterocycles. The Labute approximate surface area is 204 Å². The number of nitrogens with one attached hydrogen (secondary N) is 1. The molecular formula is C26H28ClN5O2. The minimum Gasteiger partial charge on any atom is -0.370 e. The van der Waals surface area contributed by atoms with Gasteiger partial charge in [0.25, 0.3) is 0 Å². The van der Waals surface area contributed by atoms with E-state index in [-0.39, 0.29) is 5.91 Å². The molecule has 3 aromatic rings. The number of benzene rings is 2. The maximum Gasteiger partial charge on any atom is 0.248 e. The highest BCUT2D eigenvalue weighted by Gasteiger charge is 2.18. The number of primary amides is 1.